The fraction of sp³-hybridized carbons (Fsp3) is 0.489. The Morgan fingerprint density at radius 1 is 0.471 bits per heavy atom. The van der Waals surface area contributed by atoms with Gasteiger partial charge in [0.15, 0.2) is 0 Å². The Bertz CT molecular complexity index is 1770. The fourth-order valence-corrected chi connectivity index (χ4v) is 10.2. The topological polar surface area (TPSA) is 80.9 Å². The molecule has 0 aromatic heterocycles. The number of hydrogen-bond donors (Lipinski definition) is 4. The molecular weight excluding hydrogens is 629 g/mol. The standard InChI is InChI=1S/C47H60O4/c1-27(2)47(40-25-28(3)19-32(7)43(40)48,41-26-29(4)20-33(8)44(41)49)42(38-23-30(5)21-36(45(38)50)34-15-11-9-12-16-34)39-24-31(6)22-37(46(39)51)35-17-13-10-14-18-35/h19-27,34-35,42,48-51H,9-18H2,1-8H3. The van der Waals surface area contributed by atoms with Crippen LogP contribution in [0.3, 0.4) is 0 Å². The molecule has 2 aliphatic carbocycles. The van der Waals surface area contributed by atoms with Crippen molar-refractivity contribution < 1.29 is 20.4 Å². The van der Waals surface area contributed by atoms with Crippen molar-refractivity contribution in [3.63, 3.8) is 0 Å². The van der Waals surface area contributed by atoms with E-state index in [1.807, 2.05) is 39.8 Å². The summed E-state index contributed by atoms with van der Waals surface area (Å²) in [6.45, 7) is 16.5. The van der Waals surface area contributed by atoms with Crippen LogP contribution in [-0.2, 0) is 5.41 Å². The van der Waals surface area contributed by atoms with Crippen molar-refractivity contribution in [1.29, 1.82) is 0 Å². The minimum atomic E-state index is -1.12. The van der Waals surface area contributed by atoms with Gasteiger partial charge in [0, 0.05) is 33.6 Å². The highest BCUT2D eigenvalue weighted by Gasteiger charge is 2.52. The zero-order valence-corrected chi connectivity index (χ0v) is 32.3. The van der Waals surface area contributed by atoms with Crippen molar-refractivity contribution in [2.45, 2.75) is 143 Å². The van der Waals surface area contributed by atoms with Gasteiger partial charge in [0.2, 0.25) is 0 Å². The van der Waals surface area contributed by atoms with Gasteiger partial charge in [0.1, 0.15) is 23.0 Å². The lowest BCUT2D eigenvalue weighted by atomic mass is 9.54. The fourth-order valence-electron chi connectivity index (χ4n) is 10.2. The zero-order chi connectivity index (χ0) is 36.8. The van der Waals surface area contributed by atoms with Crippen molar-refractivity contribution in [1.82, 2.24) is 0 Å². The van der Waals surface area contributed by atoms with Gasteiger partial charge in [-0.15, -0.1) is 0 Å². The molecule has 0 spiro atoms. The predicted molar refractivity (Wildman–Crippen MR) is 210 cm³/mol. The van der Waals surface area contributed by atoms with Gasteiger partial charge in [-0.25, -0.2) is 0 Å². The van der Waals surface area contributed by atoms with Gasteiger partial charge < -0.3 is 20.4 Å². The summed E-state index contributed by atoms with van der Waals surface area (Å²) in [7, 11) is 0. The monoisotopic (exact) mass is 688 g/mol. The van der Waals surface area contributed by atoms with Crippen LogP contribution in [0.4, 0.5) is 0 Å². The number of rotatable bonds is 8. The third kappa shape index (κ3) is 6.64. The second-order valence-electron chi connectivity index (χ2n) is 16.7. The average Bonchev–Trinajstić information content (AvgIpc) is 3.10. The van der Waals surface area contributed by atoms with Gasteiger partial charge in [-0.05, 0) is 107 Å². The van der Waals surface area contributed by atoms with Gasteiger partial charge in [-0.1, -0.05) is 123 Å². The molecule has 4 heteroatoms. The van der Waals surface area contributed by atoms with Crippen LogP contribution in [0.25, 0.3) is 0 Å². The Balaban J connectivity index is 1.83. The molecule has 6 rings (SSSR count). The van der Waals surface area contributed by atoms with E-state index in [1.54, 1.807) is 0 Å². The Morgan fingerprint density at radius 2 is 0.824 bits per heavy atom. The van der Waals surface area contributed by atoms with Crippen LogP contribution in [0.15, 0.2) is 48.5 Å². The van der Waals surface area contributed by atoms with Crippen LogP contribution in [-0.4, -0.2) is 20.4 Å². The maximum Gasteiger partial charge on any atom is 0.122 e. The highest BCUT2D eigenvalue weighted by Crippen LogP contribution is 2.61. The van der Waals surface area contributed by atoms with Crippen molar-refractivity contribution in [2.75, 3.05) is 0 Å². The first-order valence-electron chi connectivity index (χ1n) is 19.5. The summed E-state index contributed by atoms with van der Waals surface area (Å²) in [5.74, 6) is 0.526. The largest absolute Gasteiger partial charge is 0.507 e. The quantitative estimate of drug-likeness (QED) is 0.149. The number of phenolic OH excluding ortho intramolecular Hbond substituents is 4. The molecule has 0 radical (unpaired) electrons. The molecule has 4 nitrogen and oxygen atoms in total. The first-order chi connectivity index (χ1) is 24.2. The van der Waals surface area contributed by atoms with Crippen molar-refractivity contribution in [3.8, 4) is 23.0 Å². The third-order valence-corrected chi connectivity index (χ3v) is 12.5. The lowest BCUT2D eigenvalue weighted by Gasteiger charge is -2.47. The van der Waals surface area contributed by atoms with E-state index in [2.05, 4.69) is 64.1 Å². The van der Waals surface area contributed by atoms with Gasteiger partial charge in [-0.3, -0.25) is 0 Å². The van der Waals surface area contributed by atoms with E-state index < -0.39 is 11.3 Å². The molecule has 272 valence electrons. The Hall–Kier alpha value is -3.92. The predicted octanol–water partition coefficient (Wildman–Crippen LogP) is 12.2. The molecule has 4 aromatic carbocycles. The van der Waals surface area contributed by atoms with Crippen LogP contribution < -0.4 is 0 Å². The zero-order valence-electron chi connectivity index (χ0n) is 32.3. The van der Waals surface area contributed by atoms with Gasteiger partial charge >= 0.3 is 0 Å². The summed E-state index contributed by atoms with van der Waals surface area (Å²) < 4.78 is 0. The number of aromatic hydroxyl groups is 4. The van der Waals surface area contributed by atoms with E-state index in [0.717, 1.165) is 107 Å². The van der Waals surface area contributed by atoms with E-state index in [-0.39, 0.29) is 40.8 Å². The van der Waals surface area contributed by atoms with E-state index >= 15 is 0 Å². The number of benzene rings is 4. The minimum absolute atomic E-state index is 0.178. The molecule has 0 bridgehead atoms. The first-order valence-corrected chi connectivity index (χ1v) is 19.5. The normalized spacial score (nSPS) is 16.4. The second kappa shape index (κ2) is 14.6. The molecule has 0 saturated heterocycles. The molecule has 2 fully saturated rings. The van der Waals surface area contributed by atoms with Crippen LogP contribution in [0, 0.1) is 47.5 Å². The van der Waals surface area contributed by atoms with Gasteiger partial charge in [0.05, 0.1) is 0 Å². The average molecular weight is 689 g/mol. The highest BCUT2D eigenvalue weighted by atomic mass is 16.3. The summed E-state index contributed by atoms with van der Waals surface area (Å²) >= 11 is 0. The van der Waals surface area contributed by atoms with Gasteiger partial charge in [0.25, 0.3) is 0 Å². The molecule has 0 heterocycles. The van der Waals surface area contributed by atoms with Crippen molar-refractivity contribution >= 4 is 0 Å². The molecule has 0 aliphatic heterocycles. The van der Waals surface area contributed by atoms with Gasteiger partial charge in [-0.2, -0.15) is 0 Å². The molecule has 4 aromatic rings. The molecule has 0 unspecified atom stereocenters. The Morgan fingerprint density at radius 3 is 1.18 bits per heavy atom. The Kier molecular flexibility index (Phi) is 10.6. The van der Waals surface area contributed by atoms with Crippen LogP contribution in [0.5, 0.6) is 23.0 Å². The molecule has 0 atom stereocenters. The minimum Gasteiger partial charge on any atom is -0.507 e. The lowest BCUT2D eigenvalue weighted by molar-refractivity contribution is 0.293. The third-order valence-electron chi connectivity index (χ3n) is 12.5. The number of phenols is 4. The smallest absolute Gasteiger partial charge is 0.122 e. The van der Waals surface area contributed by atoms with E-state index in [1.165, 1.54) is 12.8 Å². The van der Waals surface area contributed by atoms with E-state index in [9.17, 15) is 20.4 Å². The van der Waals surface area contributed by atoms with Crippen LogP contribution in [0.1, 0.15) is 163 Å². The summed E-state index contributed by atoms with van der Waals surface area (Å²) in [6.07, 6.45) is 11.1. The first kappa shape index (κ1) is 36.9. The number of hydrogen-bond acceptors (Lipinski definition) is 4. The highest BCUT2D eigenvalue weighted by molar-refractivity contribution is 5.66. The molecule has 0 amide bonds. The molecule has 4 N–H and O–H groups in total. The van der Waals surface area contributed by atoms with Crippen molar-refractivity contribution in [2.24, 2.45) is 5.92 Å². The Labute approximate surface area is 306 Å². The molecule has 51 heavy (non-hydrogen) atoms. The van der Waals surface area contributed by atoms with E-state index in [0.29, 0.717) is 11.1 Å². The SMILES string of the molecule is Cc1cc(C2CCCCC2)c(O)c(C(c2cc(C)cc(C3CCCCC3)c2O)C(c2cc(C)cc(C)c2O)(c2cc(C)cc(C)c2O)C(C)C)c1. The van der Waals surface area contributed by atoms with E-state index in [4.69, 9.17) is 0 Å². The number of aryl methyl sites for hydroxylation is 6. The summed E-state index contributed by atoms with van der Waals surface area (Å²) in [6, 6.07) is 16.7. The summed E-state index contributed by atoms with van der Waals surface area (Å²) in [5.41, 5.74) is 9.31. The van der Waals surface area contributed by atoms with Crippen LogP contribution in [0.2, 0.25) is 0 Å². The lowest BCUT2D eigenvalue weighted by Crippen LogP contribution is -2.42. The molecular formula is C47H60O4. The molecule has 2 aliphatic rings. The summed E-state index contributed by atoms with van der Waals surface area (Å²) in [4.78, 5) is 0. The van der Waals surface area contributed by atoms with Crippen molar-refractivity contribution in [3.05, 3.63) is 115 Å². The maximum absolute atomic E-state index is 12.8. The summed E-state index contributed by atoms with van der Waals surface area (Å²) in [5, 5.41) is 50.1. The second-order valence-corrected chi connectivity index (χ2v) is 16.7. The molecule has 2 saturated carbocycles. The van der Waals surface area contributed by atoms with Crippen LogP contribution >= 0.6 is 0 Å². The maximum atomic E-state index is 12.8.